The molecule has 0 saturated carbocycles. The molecular weight excluding hydrogens is 176 g/mol. The molecule has 1 aromatic rings. The van der Waals surface area contributed by atoms with Gasteiger partial charge >= 0.3 is 0 Å². The Morgan fingerprint density at radius 2 is 2.36 bits per heavy atom. The summed E-state index contributed by atoms with van der Waals surface area (Å²) < 4.78 is 0. The highest BCUT2D eigenvalue weighted by Crippen LogP contribution is 2.17. The molecule has 1 aliphatic heterocycles. The van der Waals surface area contributed by atoms with Gasteiger partial charge in [0, 0.05) is 12.7 Å². The molecule has 0 atom stereocenters. The number of likely N-dealkylation sites (N-methyl/N-ethyl adjacent to an activating group) is 1. The molecule has 0 spiro atoms. The van der Waals surface area contributed by atoms with Gasteiger partial charge in [-0.1, -0.05) is 11.3 Å². The minimum atomic E-state index is 0.811. The van der Waals surface area contributed by atoms with Gasteiger partial charge in [-0.3, -0.25) is 9.99 Å². The van der Waals surface area contributed by atoms with E-state index in [1.807, 2.05) is 29.3 Å². The zero-order valence-corrected chi connectivity index (χ0v) is 8.09. The third kappa shape index (κ3) is 1.79. The third-order valence-electron chi connectivity index (χ3n) is 2.07. The summed E-state index contributed by atoms with van der Waals surface area (Å²) >= 11 is 0. The summed E-state index contributed by atoms with van der Waals surface area (Å²) in [6.45, 7) is 3.75. The van der Waals surface area contributed by atoms with Crippen molar-refractivity contribution in [2.24, 2.45) is 10.3 Å². The Balaban J connectivity index is 2.16. The maximum absolute atomic E-state index is 4.21. The van der Waals surface area contributed by atoms with Gasteiger partial charge < -0.3 is 0 Å². The summed E-state index contributed by atoms with van der Waals surface area (Å²) in [4.78, 5) is 4.21. The minimum absolute atomic E-state index is 0.811. The molecule has 0 aliphatic carbocycles. The van der Waals surface area contributed by atoms with E-state index in [0.717, 1.165) is 24.5 Å². The van der Waals surface area contributed by atoms with E-state index in [1.165, 1.54) is 0 Å². The molecule has 0 saturated heterocycles. The standard InChI is InChI=1S/C10H12N4/c1-2-14-8-6-10(12-13-14)9-5-3-4-7-11-9/h3-7H,2,8H2,1H3. The van der Waals surface area contributed by atoms with Gasteiger partial charge in [-0.15, -0.1) is 5.11 Å². The fourth-order valence-electron chi connectivity index (χ4n) is 1.24. The first-order chi connectivity index (χ1) is 6.90. The second-order valence-corrected chi connectivity index (χ2v) is 3.00. The van der Waals surface area contributed by atoms with E-state index < -0.39 is 0 Å². The van der Waals surface area contributed by atoms with Gasteiger partial charge in [0.25, 0.3) is 0 Å². The van der Waals surface area contributed by atoms with Crippen molar-refractivity contribution >= 4 is 5.70 Å². The number of rotatable bonds is 2. The molecule has 4 heteroatoms. The van der Waals surface area contributed by atoms with Crippen LogP contribution in [0.15, 0.2) is 40.8 Å². The Bertz CT molecular complexity index is 356. The van der Waals surface area contributed by atoms with Crippen LogP contribution in [0.25, 0.3) is 5.70 Å². The molecule has 14 heavy (non-hydrogen) atoms. The van der Waals surface area contributed by atoms with Gasteiger partial charge in [0.1, 0.15) is 5.70 Å². The molecule has 1 aromatic heterocycles. The lowest BCUT2D eigenvalue weighted by molar-refractivity contribution is 0.310. The molecule has 0 unspecified atom stereocenters. The van der Waals surface area contributed by atoms with Crippen molar-refractivity contribution in [2.75, 3.05) is 13.1 Å². The molecule has 0 radical (unpaired) electrons. The van der Waals surface area contributed by atoms with Gasteiger partial charge in [-0.2, -0.15) is 0 Å². The summed E-state index contributed by atoms with van der Waals surface area (Å²) in [6, 6.07) is 5.78. The van der Waals surface area contributed by atoms with E-state index in [9.17, 15) is 0 Å². The molecule has 72 valence electrons. The van der Waals surface area contributed by atoms with Crippen LogP contribution in [0.5, 0.6) is 0 Å². The first-order valence-electron chi connectivity index (χ1n) is 4.68. The van der Waals surface area contributed by atoms with Crippen molar-refractivity contribution in [3.8, 4) is 0 Å². The Morgan fingerprint density at radius 3 is 2.93 bits per heavy atom. The second kappa shape index (κ2) is 4.00. The predicted molar refractivity (Wildman–Crippen MR) is 54.3 cm³/mol. The van der Waals surface area contributed by atoms with Gasteiger partial charge in [-0.25, -0.2) is 0 Å². The Hall–Kier alpha value is -1.71. The predicted octanol–water partition coefficient (Wildman–Crippen LogP) is 2.13. The van der Waals surface area contributed by atoms with Gasteiger partial charge in [-0.05, 0) is 25.1 Å². The summed E-state index contributed by atoms with van der Waals surface area (Å²) in [6.07, 6.45) is 3.80. The van der Waals surface area contributed by atoms with E-state index in [2.05, 4.69) is 22.2 Å². The second-order valence-electron chi connectivity index (χ2n) is 3.00. The van der Waals surface area contributed by atoms with Crippen molar-refractivity contribution in [3.05, 3.63) is 36.2 Å². The van der Waals surface area contributed by atoms with Crippen molar-refractivity contribution in [2.45, 2.75) is 6.92 Å². The van der Waals surface area contributed by atoms with Crippen LogP contribution in [0, 0.1) is 0 Å². The molecular formula is C10H12N4. The summed E-state index contributed by atoms with van der Waals surface area (Å²) in [7, 11) is 0. The van der Waals surface area contributed by atoms with Crippen molar-refractivity contribution < 1.29 is 0 Å². The lowest BCUT2D eigenvalue weighted by Crippen LogP contribution is -2.18. The van der Waals surface area contributed by atoms with Crippen LogP contribution >= 0.6 is 0 Å². The van der Waals surface area contributed by atoms with E-state index in [1.54, 1.807) is 6.20 Å². The van der Waals surface area contributed by atoms with E-state index >= 15 is 0 Å². The summed E-state index contributed by atoms with van der Waals surface area (Å²) in [5.41, 5.74) is 1.74. The Labute approximate surface area is 83.0 Å². The van der Waals surface area contributed by atoms with Crippen LogP contribution in [0.2, 0.25) is 0 Å². The molecule has 2 rings (SSSR count). The average Bonchev–Trinajstić information content (AvgIpc) is 2.30. The van der Waals surface area contributed by atoms with Crippen molar-refractivity contribution in [1.82, 2.24) is 9.99 Å². The molecule has 4 nitrogen and oxygen atoms in total. The fraction of sp³-hybridized carbons (Fsp3) is 0.300. The zero-order valence-electron chi connectivity index (χ0n) is 8.09. The number of aromatic nitrogens is 1. The highest BCUT2D eigenvalue weighted by molar-refractivity contribution is 5.61. The average molecular weight is 188 g/mol. The van der Waals surface area contributed by atoms with Crippen LogP contribution < -0.4 is 0 Å². The SMILES string of the molecule is CCN1CC=C(c2ccccn2)N=N1. The molecule has 0 fully saturated rings. The van der Waals surface area contributed by atoms with Crippen LogP contribution in [0.3, 0.4) is 0 Å². The molecule has 0 bridgehead atoms. The normalized spacial score (nSPS) is 15.5. The number of pyridine rings is 1. The molecule has 0 N–H and O–H groups in total. The van der Waals surface area contributed by atoms with Crippen LogP contribution in [0.4, 0.5) is 0 Å². The van der Waals surface area contributed by atoms with Crippen molar-refractivity contribution in [1.29, 1.82) is 0 Å². The maximum atomic E-state index is 4.21. The summed E-state index contributed by atoms with van der Waals surface area (Å²) in [5, 5.41) is 10.1. The van der Waals surface area contributed by atoms with Crippen LogP contribution in [-0.2, 0) is 0 Å². The smallest absolute Gasteiger partial charge is 0.111 e. The van der Waals surface area contributed by atoms with Crippen LogP contribution in [-0.4, -0.2) is 23.1 Å². The fourth-order valence-corrected chi connectivity index (χ4v) is 1.24. The van der Waals surface area contributed by atoms with E-state index in [4.69, 9.17) is 0 Å². The first kappa shape index (κ1) is 8.87. The molecule has 2 heterocycles. The highest BCUT2D eigenvalue weighted by atomic mass is 15.5. The lowest BCUT2D eigenvalue weighted by atomic mass is 10.2. The lowest BCUT2D eigenvalue weighted by Gasteiger charge is -2.16. The van der Waals surface area contributed by atoms with E-state index in [-0.39, 0.29) is 0 Å². The number of hydrogen-bond acceptors (Lipinski definition) is 4. The van der Waals surface area contributed by atoms with E-state index in [0.29, 0.717) is 0 Å². The quantitative estimate of drug-likeness (QED) is 0.713. The molecule has 1 aliphatic rings. The Kier molecular flexibility index (Phi) is 2.53. The largest absolute Gasteiger partial charge is 0.275 e. The Morgan fingerprint density at radius 1 is 1.43 bits per heavy atom. The van der Waals surface area contributed by atoms with Gasteiger partial charge in [0.2, 0.25) is 0 Å². The monoisotopic (exact) mass is 188 g/mol. The summed E-state index contributed by atoms with van der Waals surface area (Å²) in [5.74, 6) is 0. The maximum Gasteiger partial charge on any atom is 0.111 e. The number of hydrogen-bond donors (Lipinski definition) is 0. The first-order valence-corrected chi connectivity index (χ1v) is 4.68. The van der Waals surface area contributed by atoms with Crippen molar-refractivity contribution in [3.63, 3.8) is 0 Å². The third-order valence-corrected chi connectivity index (χ3v) is 2.07. The zero-order chi connectivity index (χ0) is 9.80. The van der Waals surface area contributed by atoms with Gasteiger partial charge in [0.15, 0.2) is 0 Å². The highest BCUT2D eigenvalue weighted by Gasteiger charge is 2.07. The van der Waals surface area contributed by atoms with Crippen LogP contribution in [0.1, 0.15) is 12.6 Å². The number of nitrogens with zero attached hydrogens (tertiary/aromatic N) is 4. The minimum Gasteiger partial charge on any atom is -0.275 e. The molecule has 0 aromatic carbocycles. The topological polar surface area (TPSA) is 40.9 Å². The van der Waals surface area contributed by atoms with Gasteiger partial charge in [0.05, 0.1) is 12.2 Å². The molecule has 0 amide bonds.